The van der Waals surface area contributed by atoms with Gasteiger partial charge < -0.3 is 18.9 Å². The van der Waals surface area contributed by atoms with Gasteiger partial charge in [-0.25, -0.2) is 4.79 Å². The molecule has 2 atom stereocenters. The maximum absolute atomic E-state index is 10.8. The van der Waals surface area contributed by atoms with Gasteiger partial charge in [0.2, 0.25) is 0 Å². The molecule has 90 valence electrons. The third kappa shape index (κ3) is 3.76. The van der Waals surface area contributed by atoms with Crippen molar-refractivity contribution >= 4 is 18.1 Å². The van der Waals surface area contributed by atoms with Crippen LogP contribution in [0.4, 0.5) is 4.79 Å². The van der Waals surface area contributed by atoms with Crippen LogP contribution >= 0.6 is 0 Å². The topological polar surface area (TPSA) is 88.1 Å². The summed E-state index contributed by atoms with van der Waals surface area (Å²) in [7, 11) is 0. The molecule has 0 unspecified atom stereocenters. The van der Waals surface area contributed by atoms with Crippen molar-refractivity contribution in [1.82, 2.24) is 0 Å². The van der Waals surface area contributed by atoms with Gasteiger partial charge in [0.1, 0.15) is 13.2 Å². The predicted molar refractivity (Wildman–Crippen MR) is 48.4 cm³/mol. The molecule has 1 rings (SSSR count). The maximum Gasteiger partial charge on any atom is 0.508 e. The zero-order valence-corrected chi connectivity index (χ0v) is 8.93. The van der Waals surface area contributed by atoms with Crippen molar-refractivity contribution < 1.29 is 33.3 Å². The largest absolute Gasteiger partial charge is 0.508 e. The Kier molecular flexibility index (Phi) is 4.10. The Morgan fingerprint density at radius 2 is 2.12 bits per heavy atom. The van der Waals surface area contributed by atoms with Crippen molar-refractivity contribution in [1.29, 1.82) is 0 Å². The van der Waals surface area contributed by atoms with E-state index in [2.05, 4.69) is 9.47 Å². The zero-order valence-electron chi connectivity index (χ0n) is 8.93. The molecule has 0 saturated carbocycles. The summed E-state index contributed by atoms with van der Waals surface area (Å²) in [6.45, 7) is 2.23. The lowest BCUT2D eigenvalue weighted by atomic mass is 10.2. The third-order valence-electron chi connectivity index (χ3n) is 1.80. The number of hydrogen-bond donors (Lipinski definition) is 0. The Labute approximate surface area is 91.6 Å². The molecule has 7 nitrogen and oxygen atoms in total. The predicted octanol–water partition coefficient (Wildman–Crippen LogP) is 0.0166. The molecule has 0 N–H and O–H groups in total. The van der Waals surface area contributed by atoms with Crippen LogP contribution in [0.25, 0.3) is 0 Å². The van der Waals surface area contributed by atoms with Crippen molar-refractivity contribution in [2.24, 2.45) is 0 Å². The van der Waals surface area contributed by atoms with Crippen LogP contribution in [0.5, 0.6) is 0 Å². The molecule has 0 spiro atoms. The fourth-order valence-electron chi connectivity index (χ4n) is 1.15. The van der Waals surface area contributed by atoms with Gasteiger partial charge in [0, 0.05) is 13.8 Å². The highest BCUT2D eigenvalue weighted by Gasteiger charge is 2.35. The lowest BCUT2D eigenvalue weighted by Gasteiger charge is -2.19. The number of carbonyl (C=O) groups excluding carboxylic acids is 3. The Balaban J connectivity index is 2.52. The fourth-order valence-corrected chi connectivity index (χ4v) is 1.15. The molecule has 0 aromatic rings. The van der Waals surface area contributed by atoms with Crippen LogP contribution in [0.15, 0.2) is 0 Å². The molecule has 0 amide bonds. The highest BCUT2D eigenvalue weighted by molar-refractivity contribution is 5.67. The van der Waals surface area contributed by atoms with E-state index >= 15 is 0 Å². The Hall–Kier alpha value is -1.79. The Morgan fingerprint density at radius 1 is 1.44 bits per heavy atom. The van der Waals surface area contributed by atoms with Gasteiger partial charge in [-0.15, -0.1) is 0 Å². The van der Waals surface area contributed by atoms with Crippen molar-refractivity contribution in [2.75, 3.05) is 13.2 Å². The van der Waals surface area contributed by atoms with E-state index in [1.165, 1.54) is 13.8 Å². The average molecular weight is 232 g/mol. The first-order chi connectivity index (χ1) is 7.49. The normalized spacial score (nSPS) is 20.6. The molecule has 0 aromatic carbocycles. The quantitative estimate of drug-likeness (QED) is 0.498. The summed E-state index contributed by atoms with van der Waals surface area (Å²) in [5.41, 5.74) is 0. The molecule has 0 aliphatic carbocycles. The minimum Gasteiger partial charge on any atom is -0.462 e. The van der Waals surface area contributed by atoms with E-state index in [9.17, 15) is 14.4 Å². The Morgan fingerprint density at radius 3 is 2.56 bits per heavy atom. The van der Waals surface area contributed by atoms with Gasteiger partial charge >= 0.3 is 18.1 Å². The van der Waals surface area contributed by atoms with E-state index in [1.807, 2.05) is 0 Å². The molecule has 1 aliphatic rings. The van der Waals surface area contributed by atoms with Crippen LogP contribution in [0, 0.1) is 0 Å². The molecule has 0 radical (unpaired) electrons. The van der Waals surface area contributed by atoms with Gasteiger partial charge in [-0.3, -0.25) is 9.59 Å². The van der Waals surface area contributed by atoms with E-state index < -0.39 is 30.3 Å². The van der Waals surface area contributed by atoms with E-state index in [0.29, 0.717) is 0 Å². The van der Waals surface area contributed by atoms with E-state index in [4.69, 9.17) is 9.47 Å². The molecule has 1 aliphatic heterocycles. The van der Waals surface area contributed by atoms with Crippen LogP contribution in [0.1, 0.15) is 13.8 Å². The van der Waals surface area contributed by atoms with Gasteiger partial charge in [-0.05, 0) is 0 Å². The van der Waals surface area contributed by atoms with Crippen LogP contribution in [0.2, 0.25) is 0 Å². The lowest BCUT2D eigenvalue weighted by Crippen LogP contribution is -2.37. The van der Waals surface area contributed by atoms with Gasteiger partial charge in [0.05, 0.1) is 0 Å². The number of rotatable bonds is 4. The molecule has 0 aromatic heterocycles. The van der Waals surface area contributed by atoms with E-state index in [-0.39, 0.29) is 13.2 Å². The second-order valence-corrected chi connectivity index (χ2v) is 3.17. The highest BCUT2D eigenvalue weighted by atomic mass is 16.8. The second kappa shape index (κ2) is 5.34. The van der Waals surface area contributed by atoms with Gasteiger partial charge in [-0.1, -0.05) is 0 Å². The molecule has 1 saturated heterocycles. The van der Waals surface area contributed by atoms with Crippen LogP contribution in [-0.2, 0) is 28.5 Å². The van der Waals surface area contributed by atoms with Crippen molar-refractivity contribution in [3.63, 3.8) is 0 Å². The first kappa shape index (κ1) is 12.3. The summed E-state index contributed by atoms with van der Waals surface area (Å²) in [4.78, 5) is 32.1. The summed E-state index contributed by atoms with van der Waals surface area (Å²) >= 11 is 0. The fraction of sp³-hybridized carbons (Fsp3) is 0.667. The second-order valence-electron chi connectivity index (χ2n) is 3.17. The minimum absolute atomic E-state index is 0.0297. The molecule has 7 heteroatoms. The number of ether oxygens (including phenoxy) is 4. The van der Waals surface area contributed by atoms with Gasteiger partial charge in [0.15, 0.2) is 12.2 Å². The summed E-state index contributed by atoms with van der Waals surface area (Å²) in [5, 5.41) is 0. The molecular weight excluding hydrogens is 220 g/mol. The molecule has 0 bridgehead atoms. The molecular formula is C9H12O7. The van der Waals surface area contributed by atoms with Crippen LogP contribution in [-0.4, -0.2) is 43.5 Å². The summed E-state index contributed by atoms with van der Waals surface area (Å²) in [5.74, 6) is -1.07. The molecule has 1 fully saturated rings. The molecule has 16 heavy (non-hydrogen) atoms. The van der Waals surface area contributed by atoms with Crippen LogP contribution < -0.4 is 0 Å². The first-order valence-electron chi connectivity index (χ1n) is 4.63. The Bertz CT molecular complexity index is 298. The van der Waals surface area contributed by atoms with Gasteiger partial charge in [-0.2, -0.15) is 0 Å². The number of cyclic esters (lactones) is 2. The van der Waals surface area contributed by atoms with Crippen LogP contribution in [0.3, 0.4) is 0 Å². The summed E-state index contributed by atoms with van der Waals surface area (Å²) in [6, 6.07) is 0. The first-order valence-corrected chi connectivity index (χ1v) is 4.63. The monoisotopic (exact) mass is 232 g/mol. The molecule has 1 heterocycles. The maximum atomic E-state index is 10.8. The number of carbonyl (C=O) groups is 3. The average Bonchev–Trinajstić information content (AvgIpc) is 2.58. The van der Waals surface area contributed by atoms with Gasteiger partial charge in [0.25, 0.3) is 0 Å². The highest BCUT2D eigenvalue weighted by Crippen LogP contribution is 2.14. The lowest BCUT2D eigenvalue weighted by molar-refractivity contribution is -0.162. The number of esters is 2. The third-order valence-corrected chi connectivity index (χ3v) is 1.80. The van der Waals surface area contributed by atoms with Crippen molar-refractivity contribution in [3.8, 4) is 0 Å². The van der Waals surface area contributed by atoms with E-state index in [0.717, 1.165) is 0 Å². The van der Waals surface area contributed by atoms with E-state index in [1.54, 1.807) is 0 Å². The number of hydrogen-bond acceptors (Lipinski definition) is 7. The smallest absolute Gasteiger partial charge is 0.462 e. The minimum atomic E-state index is -0.840. The summed E-state index contributed by atoms with van der Waals surface area (Å²) < 4.78 is 18.8. The van der Waals surface area contributed by atoms with Crippen molar-refractivity contribution in [3.05, 3.63) is 0 Å². The summed E-state index contributed by atoms with van der Waals surface area (Å²) in [6.07, 6.45) is -2.41. The van der Waals surface area contributed by atoms with Crippen molar-refractivity contribution in [2.45, 2.75) is 26.1 Å². The zero-order chi connectivity index (χ0) is 12.1. The standard InChI is InChI=1S/C9H12O7/c1-5(10)13-3-7(15-6(2)11)8-4-14-9(12)16-8/h7-8H,3-4H2,1-2H3/t7-,8+/m1/s1. The SMILES string of the molecule is CC(=O)OC[C@@H](OC(C)=O)[C@@H]1COC(=O)O1.